The highest BCUT2D eigenvalue weighted by molar-refractivity contribution is 5.79. The predicted octanol–water partition coefficient (Wildman–Crippen LogP) is 2.31. The Bertz CT molecular complexity index is 483. The van der Waals surface area contributed by atoms with Crippen molar-refractivity contribution in [3.8, 4) is 11.8 Å². The van der Waals surface area contributed by atoms with E-state index in [1.807, 2.05) is 31.2 Å². The molecule has 0 aromatic heterocycles. The Morgan fingerprint density at radius 3 is 2.68 bits per heavy atom. The number of rotatable bonds is 4. The van der Waals surface area contributed by atoms with Crippen molar-refractivity contribution in [2.75, 3.05) is 19.7 Å². The third kappa shape index (κ3) is 3.12. The van der Waals surface area contributed by atoms with Gasteiger partial charge in [-0.05, 0) is 13.0 Å². The van der Waals surface area contributed by atoms with Crippen molar-refractivity contribution in [2.24, 2.45) is 0 Å². The number of para-hydroxylation sites is 1. The molecule has 1 saturated heterocycles. The molecule has 0 spiro atoms. The molecule has 1 aromatic carbocycles. The maximum atomic E-state index is 11.3. The summed E-state index contributed by atoms with van der Waals surface area (Å²) in [6.45, 7) is 3.81. The fraction of sp³-hybridized carbons (Fsp3) is 0.467. The molecule has 0 saturated carbocycles. The van der Waals surface area contributed by atoms with Gasteiger partial charge in [-0.15, -0.1) is 0 Å². The summed E-state index contributed by atoms with van der Waals surface area (Å²) < 4.78 is 5.59. The summed E-state index contributed by atoms with van der Waals surface area (Å²) in [4.78, 5) is 13.3. The Balaban J connectivity index is 2.22. The van der Waals surface area contributed by atoms with Crippen LogP contribution < -0.4 is 4.74 Å². The van der Waals surface area contributed by atoms with Gasteiger partial charge in [-0.2, -0.15) is 5.26 Å². The lowest BCUT2D eigenvalue weighted by Gasteiger charge is -2.30. The molecule has 0 bridgehead atoms. The van der Waals surface area contributed by atoms with Gasteiger partial charge in [0, 0.05) is 31.5 Å². The normalized spacial score (nSPS) is 17.8. The predicted molar refractivity (Wildman–Crippen MR) is 71.8 cm³/mol. The second-order valence-electron chi connectivity index (χ2n) is 4.58. The monoisotopic (exact) mass is 258 g/mol. The fourth-order valence-corrected chi connectivity index (χ4v) is 2.37. The molecule has 1 heterocycles. The number of nitriles is 1. The highest BCUT2D eigenvalue weighted by atomic mass is 16.5. The second-order valence-corrected chi connectivity index (χ2v) is 4.58. The van der Waals surface area contributed by atoms with Crippen LogP contribution in [0.25, 0.3) is 0 Å². The standard InChI is InChI=1S/C15H18N2O2/c1-2-19-15-6-4-3-5-13(15)14(11-16)17-9-7-12(18)8-10-17/h3-6,14H,2,7-10H2,1H3. The minimum atomic E-state index is -0.337. The second kappa shape index (κ2) is 6.35. The topological polar surface area (TPSA) is 53.3 Å². The average molecular weight is 258 g/mol. The minimum absolute atomic E-state index is 0.283. The minimum Gasteiger partial charge on any atom is -0.493 e. The summed E-state index contributed by atoms with van der Waals surface area (Å²) in [5.41, 5.74) is 0.890. The molecule has 1 aromatic rings. The van der Waals surface area contributed by atoms with Gasteiger partial charge in [0.05, 0.1) is 12.7 Å². The van der Waals surface area contributed by atoms with Crippen LogP contribution in [0.4, 0.5) is 0 Å². The molecule has 4 nitrogen and oxygen atoms in total. The van der Waals surface area contributed by atoms with Gasteiger partial charge in [-0.25, -0.2) is 0 Å². The molecule has 0 N–H and O–H groups in total. The van der Waals surface area contributed by atoms with E-state index in [2.05, 4.69) is 11.0 Å². The smallest absolute Gasteiger partial charge is 0.135 e. The Kier molecular flexibility index (Phi) is 4.53. The van der Waals surface area contributed by atoms with Crippen LogP contribution >= 0.6 is 0 Å². The Morgan fingerprint density at radius 2 is 2.05 bits per heavy atom. The van der Waals surface area contributed by atoms with Crippen LogP contribution in [0.2, 0.25) is 0 Å². The Hall–Kier alpha value is -1.86. The maximum absolute atomic E-state index is 11.3. The van der Waals surface area contributed by atoms with Crippen LogP contribution in [0.15, 0.2) is 24.3 Å². The lowest BCUT2D eigenvalue weighted by atomic mass is 10.0. The van der Waals surface area contributed by atoms with E-state index in [9.17, 15) is 10.1 Å². The molecule has 1 unspecified atom stereocenters. The van der Waals surface area contributed by atoms with Crippen LogP contribution in [0.5, 0.6) is 5.75 Å². The summed E-state index contributed by atoms with van der Waals surface area (Å²) in [5, 5.41) is 9.46. The van der Waals surface area contributed by atoms with E-state index in [0.29, 0.717) is 32.5 Å². The van der Waals surface area contributed by atoms with Gasteiger partial charge in [0.15, 0.2) is 0 Å². The third-order valence-electron chi connectivity index (χ3n) is 3.36. The Labute approximate surface area is 113 Å². The van der Waals surface area contributed by atoms with Crippen molar-refractivity contribution in [1.29, 1.82) is 5.26 Å². The molecule has 1 fully saturated rings. The van der Waals surface area contributed by atoms with E-state index in [4.69, 9.17) is 4.74 Å². The molecule has 0 aliphatic carbocycles. The number of likely N-dealkylation sites (tertiary alicyclic amines) is 1. The summed E-state index contributed by atoms with van der Waals surface area (Å²) in [6, 6.07) is 9.63. The number of carbonyl (C=O) groups excluding carboxylic acids is 1. The summed E-state index contributed by atoms with van der Waals surface area (Å²) in [6.07, 6.45) is 1.07. The quantitative estimate of drug-likeness (QED) is 0.831. The highest BCUT2D eigenvalue weighted by Gasteiger charge is 2.26. The molecule has 2 rings (SSSR count). The molecular formula is C15H18N2O2. The van der Waals surface area contributed by atoms with E-state index in [1.54, 1.807) is 0 Å². The van der Waals surface area contributed by atoms with Gasteiger partial charge in [-0.3, -0.25) is 9.69 Å². The van der Waals surface area contributed by atoms with Crippen molar-refractivity contribution in [3.63, 3.8) is 0 Å². The van der Waals surface area contributed by atoms with Crippen molar-refractivity contribution >= 4 is 5.78 Å². The van der Waals surface area contributed by atoms with Crippen LogP contribution in [0, 0.1) is 11.3 Å². The molecule has 0 radical (unpaired) electrons. The maximum Gasteiger partial charge on any atom is 0.135 e. The van der Waals surface area contributed by atoms with E-state index in [0.717, 1.165) is 11.3 Å². The molecule has 100 valence electrons. The van der Waals surface area contributed by atoms with Crippen LogP contribution in [0.1, 0.15) is 31.4 Å². The molecular weight excluding hydrogens is 240 g/mol. The van der Waals surface area contributed by atoms with Crippen molar-refractivity contribution in [1.82, 2.24) is 4.90 Å². The first-order valence-electron chi connectivity index (χ1n) is 6.63. The lowest BCUT2D eigenvalue weighted by Crippen LogP contribution is -2.36. The number of piperidine rings is 1. The molecule has 1 atom stereocenters. The van der Waals surface area contributed by atoms with Crippen molar-refractivity contribution in [3.05, 3.63) is 29.8 Å². The number of ketones is 1. The fourth-order valence-electron chi connectivity index (χ4n) is 2.37. The van der Waals surface area contributed by atoms with Gasteiger partial charge < -0.3 is 4.74 Å². The van der Waals surface area contributed by atoms with Gasteiger partial charge in [-0.1, -0.05) is 18.2 Å². The van der Waals surface area contributed by atoms with Crippen LogP contribution in [-0.2, 0) is 4.79 Å². The molecule has 19 heavy (non-hydrogen) atoms. The summed E-state index contributed by atoms with van der Waals surface area (Å²) in [5.74, 6) is 1.04. The van der Waals surface area contributed by atoms with Gasteiger partial charge in [0.1, 0.15) is 17.6 Å². The highest BCUT2D eigenvalue weighted by Crippen LogP contribution is 2.30. The third-order valence-corrected chi connectivity index (χ3v) is 3.36. The SMILES string of the molecule is CCOc1ccccc1C(C#N)N1CCC(=O)CC1. The first-order chi connectivity index (χ1) is 9.26. The lowest BCUT2D eigenvalue weighted by molar-refractivity contribution is -0.121. The first kappa shape index (κ1) is 13.6. The zero-order valence-electron chi connectivity index (χ0n) is 11.1. The molecule has 1 aliphatic rings. The zero-order valence-corrected chi connectivity index (χ0v) is 11.1. The van der Waals surface area contributed by atoms with Gasteiger partial charge in [0.2, 0.25) is 0 Å². The first-order valence-corrected chi connectivity index (χ1v) is 6.63. The number of benzene rings is 1. The van der Waals surface area contributed by atoms with Gasteiger partial charge in [0.25, 0.3) is 0 Å². The van der Waals surface area contributed by atoms with Crippen LogP contribution in [0.3, 0.4) is 0 Å². The summed E-state index contributed by atoms with van der Waals surface area (Å²) in [7, 11) is 0. The number of hydrogen-bond donors (Lipinski definition) is 0. The number of Topliss-reactive ketones (excluding diaryl/α,β-unsaturated/α-hetero) is 1. The summed E-state index contributed by atoms with van der Waals surface area (Å²) >= 11 is 0. The van der Waals surface area contributed by atoms with E-state index >= 15 is 0 Å². The van der Waals surface area contributed by atoms with Crippen molar-refractivity contribution in [2.45, 2.75) is 25.8 Å². The van der Waals surface area contributed by atoms with Gasteiger partial charge >= 0.3 is 0 Å². The largest absolute Gasteiger partial charge is 0.493 e. The number of nitrogens with zero attached hydrogens (tertiary/aromatic N) is 2. The number of hydrogen-bond acceptors (Lipinski definition) is 4. The molecule has 4 heteroatoms. The molecule has 1 aliphatic heterocycles. The van der Waals surface area contributed by atoms with Crippen LogP contribution in [-0.4, -0.2) is 30.4 Å². The molecule has 0 amide bonds. The van der Waals surface area contributed by atoms with E-state index < -0.39 is 0 Å². The van der Waals surface area contributed by atoms with E-state index in [-0.39, 0.29) is 11.8 Å². The number of ether oxygens (including phenoxy) is 1. The average Bonchev–Trinajstić information content (AvgIpc) is 2.44. The van der Waals surface area contributed by atoms with E-state index in [1.165, 1.54) is 0 Å². The van der Waals surface area contributed by atoms with Crippen molar-refractivity contribution < 1.29 is 9.53 Å². The number of carbonyl (C=O) groups is 1. The Morgan fingerprint density at radius 1 is 1.37 bits per heavy atom. The zero-order chi connectivity index (χ0) is 13.7.